The van der Waals surface area contributed by atoms with Crippen LogP contribution in [0.4, 0.5) is 4.79 Å². The van der Waals surface area contributed by atoms with Crippen molar-refractivity contribution in [3.8, 4) is 0 Å². The lowest BCUT2D eigenvalue weighted by atomic mass is 9.87. The van der Waals surface area contributed by atoms with Crippen LogP contribution in [0.15, 0.2) is 0 Å². The summed E-state index contributed by atoms with van der Waals surface area (Å²) in [4.78, 5) is 44.5. The van der Waals surface area contributed by atoms with Crippen molar-refractivity contribution in [2.24, 2.45) is 5.92 Å². The van der Waals surface area contributed by atoms with Crippen molar-refractivity contribution in [1.82, 2.24) is 20.0 Å². The maximum absolute atomic E-state index is 13.3. The third-order valence-electron chi connectivity index (χ3n) is 7.71. The highest BCUT2D eigenvalue weighted by molar-refractivity contribution is 6.07. The monoisotopic (exact) mass is 404 g/mol. The normalized spacial score (nSPS) is 28.4. The van der Waals surface area contributed by atoms with Crippen molar-refractivity contribution in [2.75, 3.05) is 32.7 Å². The number of likely N-dealkylation sites (tertiary alicyclic amines) is 2. The van der Waals surface area contributed by atoms with Crippen LogP contribution in [-0.2, 0) is 9.59 Å². The summed E-state index contributed by atoms with van der Waals surface area (Å²) in [6, 6.07) is -0.444. The predicted molar refractivity (Wildman–Crippen MR) is 110 cm³/mol. The van der Waals surface area contributed by atoms with Gasteiger partial charge in [0, 0.05) is 32.6 Å². The number of hydrogen-bond acceptors (Lipinski definition) is 4. The van der Waals surface area contributed by atoms with E-state index in [4.69, 9.17) is 0 Å². The molecule has 4 aliphatic rings. The Labute approximate surface area is 174 Å². The van der Waals surface area contributed by atoms with Crippen molar-refractivity contribution in [3.05, 3.63) is 0 Å². The van der Waals surface area contributed by atoms with E-state index in [9.17, 15) is 14.4 Å². The number of piperidine rings is 2. The number of urea groups is 1. The number of nitrogens with zero attached hydrogens (tertiary/aromatic N) is 3. The minimum atomic E-state index is -0.725. The van der Waals surface area contributed by atoms with Gasteiger partial charge in [0.25, 0.3) is 5.91 Å². The third kappa shape index (κ3) is 4.16. The first-order valence-corrected chi connectivity index (χ1v) is 11.7. The molecule has 1 N–H and O–H groups in total. The molecule has 3 saturated heterocycles. The minimum Gasteiger partial charge on any atom is -0.341 e. The summed E-state index contributed by atoms with van der Waals surface area (Å²) in [6.07, 6.45) is 9.72. The lowest BCUT2D eigenvalue weighted by molar-refractivity contribution is -0.139. The molecule has 29 heavy (non-hydrogen) atoms. The molecule has 0 radical (unpaired) electrons. The second-order valence-corrected chi connectivity index (χ2v) is 9.45. The number of imide groups is 1. The number of rotatable bonds is 5. The molecule has 0 bridgehead atoms. The molecular weight excluding hydrogens is 368 g/mol. The van der Waals surface area contributed by atoms with E-state index < -0.39 is 5.54 Å². The smallest absolute Gasteiger partial charge is 0.325 e. The van der Waals surface area contributed by atoms with Crippen LogP contribution in [-0.4, -0.2) is 76.8 Å². The molecule has 4 rings (SSSR count). The average Bonchev–Trinajstić information content (AvgIpc) is 3.34. The third-order valence-corrected chi connectivity index (χ3v) is 7.71. The van der Waals surface area contributed by atoms with Gasteiger partial charge in [-0.25, -0.2) is 4.79 Å². The quantitative estimate of drug-likeness (QED) is 0.714. The minimum absolute atomic E-state index is 0.0662. The molecule has 7 heteroatoms. The number of nitrogens with one attached hydrogen (secondary N) is 1. The van der Waals surface area contributed by atoms with Crippen LogP contribution in [0.3, 0.4) is 0 Å². The first kappa shape index (κ1) is 20.6. The van der Waals surface area contributed by atoms with Gasteiger partial charge in [0.2, 0.25) is 5.91 Å². The molecule has 0 aromatic carbocycles. The maximum atomic E-state index is 13.3. The van der Waals surface area contributed by atoms with Crippen molar-refractivity contribution >= 4 is 17.8 Å². The Bertz CT molecular complexity index is 638. The molecule has 3 heterocycles. The molecule has 1 unspecified atom stereocenters. The maximum Gasteiger partial charge on any atom is 0.325 e. The Balaban J connectivity index is 1.35. The number of amides is 4. The fraction of sp³-hybridized carbons (Fsp3) is 0.864. The van der Waals surface area contributed by atoms with Gasteiger partial charge in [0.15, 0.2) is 0 Å². The summed E-state index contributed by atoms with van der Waals surface area (Å²) in [5, 5.41) is 3.02. The first-order valence-electron chi connectivity index (χ1n) is 11.7. The lowest BCUT2D eigenvalue weighted by Gasteiger charge is -2.39. The van der Waals surface area contributed by atoms with E-state index in [-0.39, 0.29) is 23.9 Å². The van der Waals surface area contributed by atoms with Crippen LogP contribution in [0.1, 0.15) is 71.1 Å². The van der Waals surface area contributed by atoms with Crippen LogP contribution in [0.2, 0.25) is 0 Å². The molecule has 1 aliphatic carbocycles. The fourth-order valence-corrected chi connectivity index (χ4v) is 5.74. The highest BCUT2D eigenvalue weighted by Gasteiger charge is 2.54. The van der Waals surface area contributed by atoms with Gasteiger partial charge in [-0.3, -0.25) is 14.5 Å². The zero-order chi connectivity index (χ0) is 20.4. The Morgan fingerprint density at radius 2 is 1.79 bits per heavy atom. The molecule has 4 amide bonds. The lowest BCUT2D eigenvalue weighted by Crippen LogP contribution is -2.56. The van der Waals surface area contributed by atoms with Gasteiger partial charge in [0.1, 0.15) is 5.54 Å². The summed E-state index contributed by atoms with van der Waals surface area (Å²) < 4.78 is 0. The predicted octanol–water partition coefficient (Wildman–Crippen LogP) is 2.35. The summed E-state index contributed by atoms with van der Waals surface area (Å²) in [6.45, 7) is 6.03. The number of carbonyl (C=O) groups is 3. The van der Waals surface area contributed by atoms with E-state index in [0.29, 0.717) is 31.7 Å². The topological polar surface area (TPSA) is 73.0 Å². The zero-order valence-electron chi connectivity index (χ0n) is 17.8. The molecule has 162 valence electrons. The molecule has 1 spiro atoms. The Morgan fingerprint density at radius 1 is 1.07 bits per heavy atom. The molecule has 0 aromatic rings. The van der Waals surface area contributed by atoms with E-state index in [1.54, 1.807) is 0 Å². The van der Waals surface area contributed by atoms with Crippen LogP contribution in [0, 0.1) is 5.92 Å². The van der Waals surface area contributed by atoms with Gasteiger partial charge in [-0.15, -0.1) is 0 Å². The van der Waals surface area contributed by atoms with Gasteiger partial charge in [-0.1, -0.05) is 32.6 Å². The molecular formula is C22H36N4O3. The van der Waals surface area contributed by atoms with Gasteiger partial charge < -0.3 is 15.1 Å². The van der Waals surface area contributed by atoms with Crippen LogP contribution in [0.5, 0.6) is 0 Å². The number of carbonyl (C=O) groups excluding carboxylic acids is 3. The van der Waals surface area contributed by atoms with Crippen molar-refractivity contribution in [1.29, 1.82) is 0 Å². The highest BCUT2D eigenvalue weighted by Crippen LogP contribution is 2.33. The van der Waals surface area contributed by atoms with Gasteiger partial charge in [-0.05, 0) is 44.6 Å². The second kappa shape index (κ2) is 8.62. The Morgan fingerprint density at radius 3 is 2.48 bits per heavy atom. The largest absolute Gasteiger partial charge is 0.341 e. The van der Waals surface area contributed by atoms with Gasteiger partial charge in [0.05, 0.1) is 6.04 Å². The summed E-state index contributed by atoms with van der Waals surface area (Å²) in [7, 11) is 0. The highest BCUT2D eigenvalue weighted by atomic mass is 16.2. The standard InChI is InChI=1S/C22H36N4O3/c1-2-24-14-11-22(12-15-24)20(28)26(21(29)23-22)18-8-5-13-25(16-18)19(27)10-9-17-6-3-4-7-17/h17-18H,2-16H2,1H3,(H,23,29). The summed E-state index contributed by atoms with van der Waals surface area (Å²) >= 11 is 0. The van der Waals surface area contributed by atoms with E-state index in [0.717, 1.165) is 45.4 Å². The molecule has 1 saturated carbocycles. The van der Waals surface area contributed by atoms with Crippen LogP contribution < -0.4 is 5.32 Å². The number of hydrogen-bond donors (Lipinski definition) is 1. The van der Waals surface area contributed by atoms with E-state index >= 15 is 0 Å². The molecule has 0 aromatic heterocycles. The second-order valence-electron chi connectivity index (χ2n) is 9.45. The zero-order valence-corrected chi connectivity index (χ0v) is 17.8. The van der Waals surface area contributed by atoms with Crippen molar-refractivity contribution < 1.29 is 14.4 Å². The average molecular weight is 405 g/mol. The van der Waals surface area contributed by atoms with Gasteiger partial charge >= 0.3 is 6.03 Å². The Hall–Kier alpha value is -1.63. The molecule has 4 fully saturated rings. The van der Waals surface area contributed by atoms with Gasteiger partial charge in [-0.2, -0.15) is 0 Å². The summed E-state index contributed by atoms with van der Waals surface area (Å²) in [5.74, 6) is 0.836. The Kier molecular flexibility index (Phi) is 6.13. The molecule has 7 nitrogen and oxygen atoms in total. The van der Waals surface area contributed by atoms with Crippen LogP contribution in [0.25, 0.3) is 0 Å². The van der Waals surface area contributed by atoms with Crippen LogP contribution >= 0.6 is 0 Å². The van der Waals surface area contributed by atoms with E-state index in [2.05, 4.69) is 17.1 Å². The SMILES string of the molecule is CCN1CCC2(CC1)NC(=O)N(C1CCCN(C(=O)CCC3CCCC3)C1)C2=O. The van der Waals surface area contributed by atoms with E-state index in [1.807, 2.05) is 4.90 Å². The molecule has 3 aliphatic heterocycles. The summed E-state index contributed by atoms with van der Waals surface area (Å²) in [5.41, 5.74) is -0.725. The van der Waals surface area contributed by atoms with Crippen molar-refractivity contribution in [3.63, 3.8) is 0 Å². The molecule has 1 atom stereocenters. The van der Waals surface area contributed by atoms with Crippen molar-refractivity contribution in [2.45, 2.75) is 82.7 Å². The first-order chi connectivity index (χ1) is 14.0. The fourth-order valence-electron chi connectivity index (χ4n) is 5.74. The van der Waals surface area contributed by atoms with E-state index in [1.165, 1.54) is 30.6 Å².